The number of hydrogen-bond acceptors (Lipinski definition) is 6. The predicted molar refractivity (Wildman–Crippen MR) is 105 cm³/mol. The second-order valence-corrected chi connectivity index (χ2v) is 7.08. The van der Waals surface area contributed by atoms with Crippen LogP contribution in [0.5, 0.6) is 11.5 Å². The lowest BCUT2D eigenvalue weighted by molar-refractivity contribution is 0.344. The molecule has 0 fully saturated rings. The number of nitrogens with two attached hydrogens (primary N) is 1. The second kappa shape index (κ2) is 8.53. The van der Waals surface area contributed by atoms with Gasteiger partial charge in [0.15, 0.2) is 5.82 Å². The molecule has 0 atom stereocenters. The number of halogens is 2. The molecule has 1 heterocycles. The molecule has 0 amide bonds. The number of hydrogen-bond donors (Lipinski definition) is 1. The van der Waals surface area contributed by atoms with Crippen molar-refractivity contribution < 1.29 is 9.47 Å². The molecule has 0 unspecified atom stereocenters. The molecule has 0 spiro atoms. The molecule has 0 radical (unpaired) electrons. The molecule has 3 rings (SSSR count). The van der Waals surface area contributed by atoms with Crippen LogP contribution in [0.1, 0.15) is 0 Å². The van der Waals surface area contributed by atoms with Crippen molar-refractivity contribution in [1.29, 1.82) is 0 Å². The van der Waals surface area contributed by atoms with Gasteiger partial charge in [-0.15, -0.1) is 10.2 Å². The van der Waals surface area contributed by atoms with Gasteiger partial charge in [-0.25, -0.2) is 4.68 Å². The van der Waals surface area contributed by atoms with Crippen molar-refractivity contribution in [1.82, 2.24) is 14.9 Å². The van der Waals surface area contributed by atoms with Crippen LogP contribution < -0.4 is 15.3 Å². The standard InChI is InChI=1S/C17H16Cl2N4O2S/c1-24-13-5-2-11(3-6-13)16-21-22-17(23(16)20)26-9-8-25-15-7-4-12(18)10-14(15)19/h2-7,10H,8-9,20H2,1H3. The zero-order valence-electron chi connectivity index (χ0n) is 13.9. The molecule has 0 saturated carbocycles. The van der Waals surface area contributed by atoms with Gasteiger partial charge in [0.2, 0.25) is 5.16 Å². The molecule has 26 heavy (non-hydrogen) atoms. The van der Waals surface area contributed by atoms with Crippen LogP contribution in [0.2, 0.25) is 10.0 Å². The number of nitrogens with zero attached hydrogens (tertiary/aromatic N) is 3. The molecule has 6 nitrogen and oxygen atoms in total. The van der Waals surface area contributed by atoms with Gasteiger partial charge in [-0.3, -0.25) is 0 Å². The van der Waals surface area contributed by atoms with E-state index in [1.165, 1.54) is 16.4 Å². The number of benzene rings is 2. The summed E-state index contributed by atoms with van der Waals surface area (Å²) in [5.74, 6) is 8.67. The monoisotopic (exact) mass is 410 g/mol. The number of rotatable bonds is 7. The van der Waals surface area contributed by atoms with Crippen molar-refractivity contribution in [3.63, 3.8) is 0 Å². The van der Waals surface area contributed by atoms with Crippen molar-refractivity contribution in [3.8, 4) is 22.9 Å². The van der Waals surface area contributed by atoms with E-state index in [-0.39, 0.29) is 0 Å². The highest BCUT2D eigenvalue weighted by Crippen LogP contribution is 2.28. The Morgan fingerprint density at radius 2 is 1.88 bits per heavy atom. The fraction of sp³-hybridized carbons (Fsp3) is 0.176. The Balaban J connectivity index is 1.58. The minimum atomic E-state index is 0.441. The van der Waals surface area contributed by atoms with Crippen molar-refractivity contribution in [2.45, 2.75) is 5.16 Å². The van der Waals surface area contributed by atoms with Crippen LogP contribution >= 0.6 is 35.0 Å². The van der Waals surface area contributed by atoms with Crippen LogP contribution in [0.25, 0.3) is 11.4 Å². The number of aromatic nitrogens is 3. The fourth-order valence-corrected chi connectivity index (χ4v) is 3.33. The molecule has 0 bridgehead atoms. The molecule has 0 aliphatic rings. The van der Waals surface area contributed by atoms with Gasteiger partial charge in [-0.05, 0) is 42.5 Å². The Hall–Kier alpha value is -2.09. The first kappa shape index (κ1) is 18.7. The largest absolute Gasteiger partial charge is 0.497 e. The first-order valence-corrected chi connectivity index (χ1v) is 9.38. The Kier molecular flexibility index (Phi) is 6.13. The maximum Gasteiger partial charge on any atom is 0.210 e. The summed E-state index contributed by atoms with van der Waals surface area (Å²) in [6, 6.07) is 12.6. The molecule has 0 aliphatic heterocycles. The summed E-state index contributed by atoms with van der Waals surface area (Å²) in [5.41, 5.74) is 0.858. The molecular weight excluding hydrogens is 395 g/mol. The summed E-state index contributed by atoms with van der Waals surface area (Å²) in [4.78, 5) is 0. The van der Waals surface area contributed by atoms with E-state index in [2.05, 4.69) is 10.2 Å². The van der Waals surface area contributed by atoms with Gasteiger partial charge in [-0.1, -0.05) is 35.0 Å². The molecule has 2 aromatic carbocycles. The second-order valence-electron chi connectivity index (χ2n) is 5.18. The fourth-order valence-electron chi connectivity index (χ4n) is 2.19. The van der Waals surface area contributed by atoms with Gasteiger partial charge >= 0.3 is 0 Å². The van der Waals surface area contributed by atoms with Gasteiger partial charge in [0.05, 0.1) is 18.7 Å². The SMILES string of the molecule is COc1ccc(-c2nnc(SCCOc3ccc(Cl)cc3Cl)n2N)cc1. The minimum Gasteiger partial charge on any atom is -0.497 e. The highest BCUT2D eigenvalue weighted by Gasteiger charge is 2.12. The Labute approximate surface area is 165 Å². The van der Waals surface area contributed by atoms with Crippen LogP contribution in [-0.2, 0) is 0 Å². The number of thioether (sulfide) groups is 1. The van der Waals surface area contributed by atoms with Crippen LogP contribution in [0.4, 0.5) is 0 Å². The molecule has 1 aromatic heterocycles. The smallest absolute Gasteiger partial charge is 0.210 e. The van der Waals surface area contributed by atoms with E-state index in [1.807, 2.05) is 24.3 Å². The molecule has 2 N–H and O–H groups in total. The normalized spacial score (nSPS) is 10.7. The van der Waals surface area contributed by atoms with Crippen molar-refractivity contribution in [2.24, 2.45) is 0 Å². The highest BCUT2D eigenvalue weighted by atomic mass is 35.5. The van der Waals surface area contributed by atoms with E-state index in [9.17, 15) is 0 Å². The first-order valence-electron chi connectivity index (χ1n) is 7.64. The van der Waals surface area contributed by atoms with E-state index < -0.39 is 0 Å². The molecule has 0 aliphatic carbocycles. The van der Waals surface area contributed by atoms with Crippen molar-refractivity contribution in [3.05, 3.63) is 52.5 Å². The third-order valence-electron chi connectivity index (χ3n) is 3.48. The van der Waals surface area contributed by atoms with Crippen molar-refractivity contribution in [2.75, 3.05) is 25.3 Å². The summed E-state index contributed by atoms with van der Waals surface area (Å²) < 4.78 is 12.3. The van der Waals surface area contributed by atoms with Crippen LogP contribution in [-0.4, -0.2) is 34.3 Å². The topological polar surface area (TPSA) is 75.2 Å². The van der Waals surface area contributed by atoms with E-state index in [1.54, 1.807) is 25.3 Å². The zero-order valence-corrected chi connectivity index (χ0v) is 16.2. The molecule has 0 saturated heterocycles. The highest BCUT2D eigenvalue weighted by molar-refractivity contribution is 7.99. The number of methoxy groups -OCH3 is 1. The van der Waals surface area contributed by atoms with Crippen LogP contribution in [0.3, 0.4) is 0 Å². The van der Waals surface area contributed by atoms with Gasteiger partial charge in [0.1, 0.15) is 11.5 Å². The summed E-state index contributed by atoms with van der Waals surface area (Å²) >= 11 is 13.4. The number of ether oxygens (including phenoxy) is 2. The predicted octanol–water partition coefficient (Wildman–Crippen LogP) is 4.15. The zero-order chi connectivity index (χ0) is 18.5. The molecule has 3 aromatic rings. The average molecular weight is 411 g/mol. The van der Waals surface area contributed by atoms with Crippen molar-refractivity contribution >= 4 is 35.0 Å². The molecular formula is C17H16Cl2N4O2S. The van der Waals surface area contributed by atoms with Gasteiger partial charge in [0.25, 0.3) is 0 Å². The van der Waals surface area contributed by atoms with E-state index >= 15 is 0 Å². The minimum absolute atomic E-state index is 0.441. The van der Waals surface area contributed by atoms with E-state index in [0.717, 1.165) is 11.3 Å². The Morgan fingerprint density at radius 1 is 1.12 bits per heavy atom. The maximum absolute atomic E-state index is 6.10. The Morgan fingerprint density at radius 3 is 2.58 bits per heavy atom. The number of nitrogen functional groups attached to an aromatic ring is 1. The summed E-state index contributed by atoms with van der Waals surface area (Å²) in [7, 11) is 1.62. The third kappa shape index (κ3) is 4.35. The maximum atomic E-state index is 6.10. The van der Waals surface area contributed by atoms with Gasteiger partial charge in [0, 0.05) is 16.3 Å². The van der Waals surface area contributed by atoms with E-state index in [4.69, 9.17) is 38.5 Å². The molecule has 136 valence electrons. The van der Waals surface area contributed by atoms with Gasteiger partial charge in [-0.2, -0.15) is 0 Å². The summed E-state index contributed by atoms with van der Waals surface area (Å²) in [6.07, 6.45) is 0. The van der Waals surface area contributed by atoms with Gasteiger partial charge < -0.3 is 15.3 Å². The lowest BCUT2D eigenvalue weighted by Crippen LogP contribution is -2.12. The van der Waals surface area contributed by atoms with E-state index in [0.29, 0.717) is 39.1 Å². The third-order valence-corrected chi connectivity index (χ3v) is 4.92. The van der Waals surface area contributed by atoms with Crippen LogP contribution in [0.15, 0.2) is 47.6 Å². The Bertz CT molecular complexity index is 887. The molecule has 9 heteroatoms. The average Bonchev–Trinajstić information content (AvgIpc) is 3.01. The van der Waals surface area contributed by atoms with Crippen LogP contribution in [0, 0.1) is 0 Å². The summed E-state index contributed by atoms with van der Waals surface area (Å²) in [6.45, 7) is 0.441. The quantitative estimate of drug-likeness (QED) is 0.358. The lowest BCUT2D eigenvalue weighted by Gasteiger charge is -2.08. The lowest BCUT2D eigenvalue weighted by atomic mass is 10.2. The first-order chi connectivity index (χ1) is 12.6. The summed E-state index contributed by atoms with van der Waals surface area (Å²) in [5, 5.41) is 9.93.